The molecule has 1 aliphatic carbocycles. The van der Waals surface area contributed by atoms with Gasteiger partial charge in [-0.1, -0.05) is 121 Å². The summed E-state index contributed by atoms with van der Waals surface area (Å²) in [7, 11) is 0. The van der Waals surface area contributed by atoms with Crippen molar-refractivity contribution >= 4 is 0 Å². The SMILES string of the molecule is OCC1=CCC(c2ccccc2-c2nnn(C(c3ccccc3)(c3ccccc3)c3ccccc3)n2)CC1. The van der Waals surface area contributed by atoms with Crippen LogP contribution in [0.1, 0.15) is 47.4 Å². The molecule has 0 spiro atoms. The summed E-state index contributed by atoms with van der Waals surface area (Å²) in [5.74, 6) is 0.972. The number of benzene rings is 4. The van der Waals surface area contributed by atoms with Crippen molar-refractivity contribution in [2.75, 3.05) is 6.61 Å². The van der Waals surface area contributed by atoms with Crippen molar-refractivity contribution in [1.82, 2.24) is 20.2 Å². The lowest BCUT2D eigenvalue weighted by Crippen LogP contribution is -2.39. The molecule has 1 N–H and O–H groups in total. The number of rotatable bonds is 7. The van der Waals surface area contributed by atoms with Crippen LogP contribution in [-0.4, -0.2) is 31.9 Å². The Hall–Kier alpha value is -4.35. The summed E-state index contributed by atoms with van der Waals surface area (Å²) in [4.78, 5) is 1.78. The second kappa shape index (κ2) is 10.6. The molecule has 5 aromatic rings. The van der Waals surface area contributed by atoms with Gasteiger partial charge in [0.15, 0.2) is 5.54 Å². The topological polar surface area (TPSA) is 63.8 Å². The predicted octanol–water partition coefficient (Wildman–Crippen LogP) is 6.37. The first-order valence-corrected chi connectivity index (χ1v) is 13.2. The average molecular weight is 499 g/mol. The maximum Gasteiger partial charge on any atom is 0.205 e. The highest BCUT2D eigenvalue weighted by Gasteiger charge is 2.41. The predicted molar refractivity (Wildman–Crippen MR) is 150 cm³/mol. The van der Waals surface area contributed by atoms with E-state index in [0.29, 0.717) is 11.7 Å². The van der Waals surface area contributed by atoms with Crippen LogP contribution in [0, 0.1) is 0 Å². The van der Waals surface area contributed by atoms with Gasteiger partial charge in [-0.05, 0) is 58.2 Å². The van der Waals surface area contributed by atoms with Crippen molar-refractivity contribution in [1.29, 1.82) is 0 Å². The molecule has 0 fully saturated rings. The molecule has 0 bridgehead atoms. The summed E-state index contributed by atoms with van der Waals surface area (Å²) in [5, 5.41) is 24.0. The van der Waals surface area contributed by atoms with Crippen molar-refractivity contribution < 1.29 is 5.11 Å². The third kappa shape index (κ3) is 4.25. The van der Waals surface area contributed by atoms with Gasteiger partial charge in [0.2, 0.25) is 5.82 Å². The van der Waals surface area contributed by atoms with Crippen LogP contribution in [0.3, 0.4) is 0 Å². The normalized spacial score (nSPS) is 15.7. The third-order valence-electron chi connectivity index (χ3n) is 7.64. The van der Waals surface area contributed by atoms with E-state index in [1.165, 1.54) is 5.56 Å². The molecule has 1 unspecified atom stereocenters. The zero-order valence-electron chi connectivity index (χ0n) is 21.2. The van der Waals surface area contributed by atoms with Crippen LogP contribution in [-0.2, 0) is 5.54 Å². The van der Waals surface area contributed by atoms with E-state index >= 15 is 0 Å². The summed E-state index contributed by atoms with van der Waals surface area (Å²) < 4.78 is 0. The molecule has 1 atom stereocenters. The van der Waals surface area contributed by atoms with Crippen molar-refractivity contribution in [2.45, 2.75) is 30.7 Å². The fourth-order valence-corrected chi connectivity index (χ4v) is 5.72. The van der Waals surface area contributed by atoms with E-state index in [4.69, 9.17) is 10.3 Å². The van der Waals surface area contributed by atoms with E-state index in [1.807, 2.05) is 24.3 Å². The van der Waals surface area contributed by atoms with Crippen LogP contribution in [0.25, 0.3) is 11.4 Å². The molecule has 5 nitrogen and oxygen atoms in total. The van der Waals surface area contributed by atoms with Gasteiger partial charge in [-0.15, -0.1) is 15.0 Å². The van der Waals surface area contributed by atoms with Crippen molar-refractivity contribution in [3.8, 4) is 11.4 Å². The molecule has 0 saturated carbocycles. The molecule has 1 aliphatic rings. The van der Waals surface area contributed by atoms with Crippen LogP contribution in [0.4, 0.5) is 0 Å². The molecule has 5 heteroatoms. The van der Waals surface area contributed by atoms with E-state index < -0.39 is 5.54 Å². The molecule has 38 heavy (non-hydrogen) atoms. The average Bonchev–Trinajstić information content (AvgIpc) is 3.50. The molecule has 0 saturated heterocycles. The summed E-state index contributed by atoms with van der Waals surface area (Å²) >= 11 is 0. The number of allylic oxidation sites excluding steroid dienone is 1. The number of aliphatic hydroxyl groups excluding tert-OH is 1. The smallest absolute Gasteiger partial charge is 0.205 e. The lowest BCUT2D eigenvalue weighted by atomic mass is 9.77. The van der Waals surface area contributed by atoms with E-state index in [1.54, 1.807) is 4.80 Å². The Morgan fingerprint density at radius 1 is 0.737 bits per heavy atom. The zero-order chi connectivity index (χ0) is 25.8. The molecule has 1 aromatic heterocycles. The minimum absolute atomic E-state index is 0.144. The Kier molecular flexibility index (Phi) is 6.67. The van der Waals surface area contributed by atoms with Crippen LogP contribution in [0.2, 0.25) is 0 Å². The second-order valence-electron chi connectivity index (χ2n) is 9.79. The largest absolute Gasteiger partial charge is 0.392 e. The Labute approximate surface area is 223 Å². The summed E-state index contributed by atoms with van der Waals surface area (Å²) in [5.41, 5.74) is 5.74. The number of hydrogen-bond acceptors (Lipinski definition) is 4. The van der Waals surface area contributed by atoms with Gasteiger partial charge in [-0.2, -0.15) is 0 Å². The Bertz CT molecular complexity index is 1430. The van der Waals surface area contributed by atoms with Crippen LogP contribution >= 0.6 is 0 Å². The number of nitrogens with zero attached hydrogens (tertiary/aromatic N) is 4. The van der Waals surface area contributed by atoms with E-state index in [2.05, 4.69) is 102 Å². The minimum Gasteiger partial charge on any atom is -0.392 e. The highest BCUT2D eigenvalue weighted by molar-refractivity contribution is 5.61. The molecular weight excluding hydrogens is 468 g/mol. The van der Waals surface area contributed by atoms with Gasteiger partial charge < -0.3 is 5.11 Å². The van der Waals surface area contributed by atoms with Gasteiger partial charge in [0.1, 0.15) is 0 Å². The molecule has 4 aromatic carbocycles. The van der Waals surface area contributed by atoms with Crippen molar-refractivity contribution in [2.24, 2.45) is 0 Å². The molecule has 188 valence electrons. The van der Waals surface area contributed by atoms with Crippen LogP contribution in [0.5, 0.6) is 0 Å². The quantitative estimate of drug-likeness (QED) is 0.209. The Morgan fingerprint density at radius 2 is 1.29 bits per heavy atom. The van der Waals surface area contributed by atoms with Crippen LogP contribution < -0.4 is 0 Å². The van der Waals surface area contributed by atoms with E-state index in [9.17, 15) is 5.11 Å². The monoisotopic (exact) mass is 498 g/mol. The first kappa shape index (κ1) is 24.0. The van der Waals surface area contributed by atoms with Gasteiger partial charge in [0.05, 0.1) is 6.61 Å². The van der Waals surface area contributed by atoms with Gasteiger partial charge in [-0.3, -0.25) is 0 Å². The standard InChI is InChI=1S/C33H30N4O/c38-24-25-20-22-26(23-21-25)30-18-10-11-19-31(30)32-34-36-37(35-32)33(27-12-4-1-5-13-27,28-14-6-2-7-15-28)29-16-8-3-9-17-29/h1-20,26,38H,21-24H2. The van der Waals surface area contributed by atoms with Crippen LogP contribution in [0.15, 0.2) is 127 Å². The molecule has 1 heterocycles. The number of tetrazole rings is 1. The maximum absolute atomic E-state index is 9.54. The fourth-order valence-electron chi connectivity index (χ4n) is 5.72. The molecule has 0 radical (unpaired) electrons. The lowest BCUT2D eigenvalue weighted by Gasteiger charge is -2.34. The van der Waals surface area contributed by atoms with Gasteiger partial charge in [-0.25, -0.2) is 0 Å². The summed E-state index contributed by atoms with van der Waals surface area (Å²) in [6.07, 6.45) is 5.00. The zero-order valence-corrected chi connectivity index (χ0v) is 21.2. The van der Waals surface area contributed by atoms with Gasteiger partial charge >= 0.3 is 0 Å². The van der Waals surface area contributed by atoms with E-state index in [-0.39, 0.29) is 6.61 Å². The number of hydrogen-bond donors (Lipinski definition) is 1. The molecule has 6 rings (SSSR count). The van der Waals surface area contributed by atoms with Crippen molar-refractivity contribution in [3.63, 3.8) is 0 Å². The summed E-state index contributed by atoms with van der Waals surface area (Å²) in [6, 6.07) is 39.6. The molecule has 0 amide bonds. The maximum atomic E-state index is 9.54. The Morgan fingerprint density at radius 3 is 1.82 bits per heavy atom. The first-order valence-electron chi connectivity index (χ1n) is 13.2. The van der Waals surface area contributed by atoms with Gasteiger partial charge in [0, 0.05) is 5.56 Å². The minimum atomic E-state index is -0.798. The van der Waals surface area contributed by atoms with E-state index in [0.717, 1.165) is 47.1 Å². The highest BCUT2D eigenvalue weighted by Crippen LogP contribution is 2.41. The Balaban J connectivity index is 1.53. The highest BCUT2D eigenvalue weighted by atomic mass is 16.3. The molecule has 0 aliphatic heterocycles. The second-order valence-corrected chi connectivity index (χ2v) is 9.79. The summed E-state index contributed by atoms with van der Waals surface area (Å²) in [6.45, 7) is 0.144. The third-order valence-corrected chi connectivity index (χ3v) is 7.64. The molecular formula is C33H30N4O. The number of aliphatic hydroxyl groups is 1. The number of aromatic nitrogens is 4. The van der Waals surface area contributed by atoms with Crippen molar-refractivity contribution in [3.05, 3.63) is 149 Å². The first-order chi connectivity index (χ1) is 18.8. The lowest BCUT2D eigenvalue weighted by molar-refractivity contribution is 0.321. The van der Waals surface area contributed by atoms with Gasteiger partial charge in [0.25, 0.3) is 0 Å². The fraction of sp³-hybridized carbons (Fsp3) is 0.182.